The van der Waals surface area contributed by atoms with Crippen LogP contribution < -0.4 is 5.32 Å². The van der Waals surface area contributed by atoms with Gasteiger partial charge in [-0.2, -0.15) is 0 Å². The van der Waals surface area contributed by atoms with Gasteiger partial charge in [-0.15, -0.1) is 0 Å². The van der Waals surface area contributed by atoms with Crippen molar-refractivity contribution in [2.75, 3.05) is 0 Å². The predicted octanol–water partition coefficient (Wildman–Crippen LogP) is 1.63. The number of aliphatic hydroxyl groups is 1. The van der Waals surface area contributed by atoms with E-state index >= 15 is 0 Å². The highest BCUT2D eigenvalue weighted by atomic mass is 19.3. The molecule has 2 heterocycles. The van der Waals surface area contributed by atoms with Crippen LogP contribution in [0.15, 0.2) is 24.8 Å². The van der Waals surface area contributed by atoms with Crippen molar-refractivity contribution in [3.05, 3.63) is 36.3 Å². The molecule has 0 radical (unpaired) electrons. The van der Waals surface area contributed by atoms with Crippen LogP contribution in [0.2, 0.25) is 0 Å². The maximum absolute atomic E-state index is 13.1. The van der Waals surface area contributed by atoms with Crippen molar-refractivity contribution >= 4 is 5.91 Å². The Balaban J connectivity index is 1.82. The Morgan fingerprint density at radius 3 is 2.67 bits per heavy atom. The van der Waals surface area contributed by atoms with Crippen LogP contribution in [0.4, 0.5) is 8.78 Å². The third kappa shape index (κ3) is 3.73. The molecule has 0 saturated heterocycles. The fraction of sp³-hybridized carbons (Fsp3) is 0.467. The largest absolute Gasteiger partial charge is 0.393 e. The Morgan fingerprint density at radius 2 is 2.04 bits per heavy atom. The van der Waals surface area contributed by atoms with Gasteiger partial charge in [0, 0.05) is 24.5 Å². The van der Waals surface area contributed by atoms with Gasteiger partial charge in [-0.25, -0.2) is 23.7 Å². The summed E-state index contributed by atoms with van der Waals surface area (Å²) < 4.78 is 27.6. The van der Waals surface area contributed by atoms with Crippen molar-refractivity contribution in [3.63, 3.8) is 0 Å². The second kappa shape index (κ2) is 7.00. The number of aromatic nitrogens is 4. The third-order valence-electron chi connectivity index (χ3n) is 3.96. The summed E-state index contributed by atoms with van der Waals surface area (Å²) in [7, 11) is 0. The number of rotatable bonds is 4. The van der Waals surface area contributed by atoms with Crippen LogP contribution >= 0.6 is 0 Å². The van der Waals surface area contributed by atoms with E-state index in [1.54, 1.807) is 6.20 Å². The minimum Gasteiger partial charge on any atom is -0.393 e. The topological polar surface area (TPSA) is 92.9 Å². The Labute approximate surface area is 136 Å². The standard InChI is InChI=1S/C15H17F2N5O2/c16-13(17)11-7-12(22-6-5-18-8-22)21-14(20-11)15(24)19-9-1-3-10(23)4-2-9/h5-10,13,23H,1-4H2,(H,19,24)/t9-,10-. The summed E-state index contributed by atoms with van der Waals surface area (Å²) in [5.74, 6) is -0.745. The van der Waals surface area contributed by atoms with Gasteiger partial charge in [-0.1, -0.05) is 0 Å². The number of carbonyl (C=O) groups is 1. The minimum absolute atomic E-state index is 0.114. The summed E-state index contributed by atoms with van der Waals surface area (Å²) >= 11 is 0. The molecule has 1 saturated carbocycles. The zero-order valence-electron chi connectivity index (χ0n) is 12.8. The van der Waals surface area contributed by atoms with E-state index in [-0.39, 0.29) is 23.8 Å². The molecule has 0 aliphatic heterocycles. The molecule has 2 aromatic rings. The molecule has 1 amide bonds. The van der Waals surface area contributed by atoms with Crippen LogP contribution in [0.25, 0.3) is 5.82 Å². The lowest BCUT2D eigenvalue weighted by Gasteiger charge is -2.25. The highest BCUT2D eigenvalue weighted by Crippen LogP contribution is 2.20. The Hall–Kier alpha value is -2.42. The SMILES string of the molecule is O=C(N[C@H]1CC[C@H](O)CC1)c1nc(C(F)F)cc(-n2ccnc2)n1. The molecule has 1 aliphatic rings. The average Bonchev–Trinajstić information content (AvgIpc) is 3.11. The molecule has 128 valence electrons. The number of nitrogens with zero attached hydrogens (tertiary/aromatic N) is 4. The van der Waals surface area contributed by atoms with Crippen molar-refractivity contribution in [1.82, 2.24) is 24.8 Å². The number of hydrogen-bond acceptors (Lipinski definition) is 5. The molecule has 3 rings (SSSR count). The molecule has 7 nitrogen and oxygen atoms in total. The van der Waals surface area contributed by atoms with Gasteiger partial charge in [-0.05, 0) is 25.7 Å². The summed E-state index contributed by atoms with van der Waals surface area (Å²) in [6.07, 6.45) is 3.75. The molecule has 1 aliphatic carbocycles. The van der Waals surface area contributed by atoms with Crippen LogP contribution in [0, 0.1) is 0 Å². The van der Waals surface area contributed by atoms with Crippen LogP contribution in [-0.2, 0) is 0 Å². The first-order valence-corrected chi connectivity index (χ1v) is 7.67. The molecule has 2 aromatic heterocycles. The molecule has 24 heavy (non-hydrogen) atoms. The fourth-order valence-corrected chi connectivity index (χ4v) is 2.66. The quantitative estimate of drug-likeness (QED) is 0.885. The second-order valence-corrected chi connectivity index (χ2v) is 5.72. The lowest BCUT2D eigenvalue weighted by Crippen LogP contribution is -2.39. The van der Waals surface area contributed by atoms with Gasteiger partial charge < -0.3 is 10.4 Å². The number of nitrogens with one attached hydrogen (secondary N) is 1. The second-order valence-electron chi connectivity index (χ2n) is 5.72. The fourth-order valence-electron chi connectivity index (χ4n) is 2.66. The molecule has 0 atom stereocenters. The number of hydrogen-bond donors (Lipinski definition) is 2. The number of halogens is 2. The number of amides is 1. The van der Waals surface area contributed by atoms with Crippen molar-refractivity contribution in [1.29, 1.82) is 0 Å². The monoisotopic (exact) mass is 337 g/mol. The van der Waals surface area contributed by atoms with Crippen LogP contribution in [0.1, 0.15) is 48.4 Å². The molecule has 2 N–H and O–H groups in total. The molecule has 0 bridgehead atoms. The van der Waals surface area contributed by atoms with E-state index in [0.717, 1.165) is 6.07 Å². The number of imidazole rings is 1. The number of carbonyl (C=O) groups excluding carboxylic acids is 1. The van der Waals surface area contributed by atoms with Gasteiger partial charge in [0.2, 0.25) is 5.82 Å². The van der Waals surface area contributed by atoms with Crippen LogP contribution in [-0.4, -0.2) is 42.7 Å². The molecule has 9 heteroatoms. The van der Waals surface area contributed by atoms with Crippen molar-refractivity contribution in [2.24, 2.45) is 0 Å². The van der Waals surface area contributed by atoms with E-state index in [0.29, 0.717) is 25.7 Å². The van der Waals surface area contributed by atoms with E-state index in [2.05, 4.69) is 20.3 Å². The van der Waals surface area contributed by atoms with Gasteiger partial charge >= 0.3 is 0 Å². The molecule has 1 fully saturated rings. The maximum Gasteiger partial charge on any atom is 0.289 e. The van der Waals surface area contributed by atoms with Crippen molar-refractivity contribution < 1.29 is 18.7 Å². The smallest absolute Gasteiger partial charge is 0.289 e. The Morgan fingerprint density at radius 1 is 1.29 bits per heavy atom. The van der Waals surface area contributed by atoms with Gasteiger partial charge in [0.15, 0.2) is 0 Å². The third-order valence-corrected chi connectivity index (χ3v) is 3.96. The van der Waals surface area contributed by atoms with Gasteiger partial charge in [0.25, 0.3) is 12.3 Å². The summed E-state index contributed by atoms with van der Waals surface area (Å²) in [6, 6.07) is 1.01. The van der Waals surface area contributed by atoms with Crippen LogP contribution in [0.3, 0.4) is 0 Å². The summed E-state index contributed by atoms with van der Waals surface area (Å²) in [5.41, 5.74) is -0.516. The van der Waals surface area contributed by atoms with Crippen LogP contribution in [0.5, 0.6) is 0 Å². The van der Waals surface area contributed by atoms with E-state index in [4.69, 9.17) is 0 Å². The highest BCUT2D eigenvalue weighted by Gasteiger charge is 2.24. The predicted molar refractivity (Wildman–Crippen MR) is 79.8 cm³/mol. The van der Waals surface area contributed by atoms with Gasteiger partial charge in [0.1, 0.15) is 17.8 Å². The summed E-state index contributed by atoms with van der Waals surface area (Å²) in [4.78, 5) is 23.9. The number of aliphatic hydroxyl groups excluding tert-OH is 1. The highest BCUT2D eigenvalue weighted by molar-refractivity contribution is 5.90. The normalized spacial score (nSPS) is 21.0. The number of alkyl halides is 2. The zero-order valence-corrected chi connectivity index (χ0v) is 12.8. The first-order valence-electron chi connectivity index (χ1n) is 7.67. The maximum atomic E-state index is 13.1. The van der Waals surface area contributed by atoms with Gasteiger partial charge in [0.05, 0.1) is 6.10 Å². The molecular formula is C15H17F2N5O2. The summed E-state index contributed by atoms with van der Waals surface area (Å²) in [6.45, 7) is 0. The van der Waals surface area contributed by atoms with E-state index in [9.17, 15) is 18.7 Å². The van der Waals surface area contributed by atoms with E-state index in [1.807, 2.05) is 0 Å². The van der Waals surface area contributed by atoms with Crippen molar-refractivity contribution in [3.8, 4) is 5.82 Å². The molecule has 0 spiro atoms. The van der Waals surface area contributed by atoms with E-state index in [1.165, 1.54) is 17.1 Å². The first-order chi connectivity index (χ1) is 11.5. The molecular weight excluding hydrogens is 320 g/mol. The minimum atomic E-state index is -2.81. The molecule has 0 unspecified atom stereocenters. The first kappa shape index (κ1) is 16.4. The zero-order chi connectivity index (χ0) is 17.1. The summed E-state index contributed by atoms with van der Waals surface area (Å²) in [5, 5.41) is 12.2. The van der Waals surface area contributed by atoms with Gasteiger partial charge in [-0.3, -0.25) is 9.36 Å². The Kier molecular flexibility index (Phi) is 4.79. The Bertz CT molecular complexity index is 700. The lowest BCUT2D eigenvalue weighted by molar-refractivity contribution is 0.0856. The molecule has 0 aromatic carbocycles. The average molecular weight is 337 g/mol. The van der Waals surface area contributed by atoms with Crippen molar-refractivity contribution in [2.45, 2.75) is 44.3 Å². The van der Waals surface area contributed by atoms with E-state index < -0.39 is 18.0 Å². The lowest BCUT2D eigenvalue weighted by atomic mass is 9.93.